The summed E-state index contributed by atoms with van der Waals surface area (Å²) in [7, 11) is 0. The Balaban J connectivity index is 1.60. The van der Waals surface area contributed by atoms with Gasteiger partial charge in [-0.2, -0.15) is 0 Å². The van der Waals surface area contributed by atoms with Crippen LogP contribution in [0.3, 0.4) is 0 Å². The van der Waals surface area contributed by atoms with Crippen molar-refractivity contribution in [3.63, 3.8) is 0 Å². The molecule has 1 unspecified atom stereocenters. The number of carbonyl (C=O) groups is 1. The van der Waals surface area contributed by atoms with E-state index in [4.69, 9.17) is 0 Å². The van der Waals surface area contributed by atoms with Crippen molar-refractivity contribution in [2.45, 2.75) is 19.0 Å². The minimum absolute atomic E-state index is 0.0267. The molecule has 1 heterocycles. The van der Waals surface area contributed by atoms with E-state index in [0.29, 0.717) is 5.56 Å². The lowest BCUT2D eigenvalue weighted by molar-refractivity contribution is 0.0975. The summed E-state index contributed by atoms with van der Waals surface area (Å²) in [6.45, 7) is 0. The molecule has 3 heteroatoms. The largest absolute Gasteiger partial charge is 0.360 e. The number of benzene rings is 4. The molecule has 1 amide bonds. The highest BCUT2D eigenvalue weighted by molar-refractivity contribution is 6.12. The van der Waals surface area contributed by atoms with Crippen LogP contribution in [0.5, 0.6) is 0 Å². The van der Waals surface area contributed by atoms with Gasteiger partial charge in [-0.25, -0.2) is 0 Å². The molecule has 6 rings (SSSR count). The maximum absolute atomic E-state index is 13.6. The first kappa shape index (κ1) is 16.4. The molecule has 0 saturated heterocycles. The fraction of sp³-hybridized carbons (Fsp3) is 0.115. The molecule has 0 bridgehead atoms. The second kappa shape index (κ2) is 6.21. The number of para-hydroxylation sites is 2. The second-order valence-corrected chi connectivity index (χ2v) is 7.76. The molecule has 0 saturated carbocycles. The summed E-state index contributed by atoms with van der Waals surface area (Å²) < 4.78 is 0. The molecule has 1 atom stereocenters. The molecule has 0 spiro atoms. The number of anilines is 2. The highest BCUT2D eigenvalue weighted by Crippen LogP contribution is 2.41. The Kier molecular flexibility index (Phi) is 3.51. The van der Waals surface area contributed by atoms with Crippen molar-refractivity contribution in [3.8, 4) is 0 Å². The Bertz CT molecular complexity index is 1250. The van der Waals surface area contributed by atoms with Crippen molar-refractivity contribution in [2.75, 3.05) is 10.2 Å². The van der Waals surface area contributed by atoms with Gasteiger partial charge in [0.1, 0.15) is 6.17 Å². The molecule has 0 radical (unpaired) electrons. The maximum Gasteiger partial charge on any atom is 0.262 e. The molecule has 0 fully saturated rings. The Labute approximate surface area is 169 Å². The average Bonchev–Trinajstić information content (AvgIpc) is 3.20. The predicted octanol–water partition coefficient (Wildman–Crippen LogP) is 5.71. The number of hydrogen-bond acceptors (Lipinski definition) is 2. The average molecular weight is 376 g/mol. The van der Waals surface area contributed by atoms with Gasteiger partial charge in [-0.3, -0.25) is 9.69 Å². The van der Waals surface area contributed by atoms with Gasteiger partial charge in [-0.15, -0.1) is 0 Å². The van der Waals surface area contributed by atoms with Gasteiger partial charge in [0.15, 0.2) is 0 Å². The summed E-state index contributed by atoms with van der Waals surface area (Å²) in [5.74, 6) is 0.0267. The molecule has 29 heavy (non-hydrogen) atoms. The van der Waals surface area contributed by atoms with Crippen molar-refractivity contribution >= 4 is 28.1 Å². The van der Waals surface area contributed by atoms with Crippen molar-refractivity contribution in [1.29, 1.82) is 0 Å². The van der Waals surface area contributed by atoms with E-state index in [1.54, 1.807) is 0 Å². The topological polar surface area (TPSA) is 32.3 Å². The number of amides is 1. The third-order valence-electron chi connectivity index (χ3n) is 6.17. The Morgan fingerprint density at radius 3 is 2.38 bits per heavy atom. The van der Waals surface area contributed by atoms with Crippen LogP contribution in [0.4, 0.5) is 11.4 Å². The van der Waals surface area contributed by atoms with E-state index in [2.05, 4.69) is 35.6 Å². The molecule has 4 aromatic carbocycles. The summed E-state index contributed by atoms with van der Waals surface area (Å²) in [5.41, 5.74) is 6.45. The van der Waals surface area contributed by atoms with Gasteiger partial charge in [-0.05, 0) is 59.0 Å². The van der Waals surface area contributed by atoms with E-state index in [-0.39, 0.29) is 12.1 Å². The zero-order valence-electron chi connectivity index (χ0n) is 15.9. The van der Waals surface area contributed by atoms with Gasteiger partial charge >= 0.3 is 0 Å². The van der Waals surface area contributed by atoms with Gasteiger partial charge in [0.2, 0.25) is 0 Å². The molecule has 1 N–H and O–H groups in total. The molecule has 0 aromatic heterocycles. The quantitative estimate of drug-likeness (QED) is 0.486. The number of nitrogens with zero attached hydrogens (tertiary/aromatic N) is 1. The fourth-order valence-corrected chi connectivity index (χ4v) is 4.83. The first-order chi connectivity index (χ1) is 14.3. The van der Waals surface area contributed by atoms with Crippen LogP contribution in [0, 0.1) is 0 Å². The van der Waals surface area contributed by atoms with Crippen LogP contribution in [-0.2, 0) is 12.8 Å². The summed E-state index contributed by atoms with van der Waals surface area (Å²) in [6, 6.07) is 28.7. The van der Waals surface area contributed by atoms with Crippen LogP contribution in [-0.4, -0.2) is 5.91 Å². The normalized spacial score (nSPS) is 17.3. The van der Waals surface area contributed by atoms with E-state index in [0.717, 1.165) is 29.8 Å². The molecule has 4 aromatic rings. The van der Waals surface area contributed by atoms with Gasteiger partial charge in [-0.1, -0.05) is 60.7 Å². The SMILES string of the molecule is O=C1c2ccccc2NC(c2ccc3c4c(cccc24)CC3)N1c1ccccc1. The van der Waals surface area contributed by atoms with Crippen molar-refractivity contribution in [3.05, 3.63) is 107 Å². The third kappa shape index (κ3) is 2.40. The highest BCUT2D eigenvalue weighted by Gasteiger charge is 2.35. The van der Waals surface area contributed by atoms with Crippen LogP contribution in [0.2, 0.25) is 0 Å². The molecule has 2 aliphatic rings. The second-order valence-electron chi connectivity index (χ2n) is 7.76. The van der Waals surface area contributed by atoms with Gasteiger partial charge in [0, 0.05) is 16.9 Å². The lowest BCUT2D eigenvalue weighted by Crippen LogP contribution is -2.43. The monoisotopic (exact) mass is 376 g/mol. The van der Waals surface area contributed by atoms with Gasteiger partial charge < -0.3 is 5.32 Å². The van der Waals surface area contributed by atoms with Crippen LogP contribution in [0.1, 0.15) is 33.2 Å². The van der Waals surface area contributed by atoms with Crippen molar-refractivity contribution in [2.24, 2.45) is 0 Å². The number of nitrogens with one attached hydrogen (secondary N) is 1. The van der Waals surface area contributed by atoms with E-state index in [9.17, 15) is 4.79 Å². The third-order valence-corrected chi connectivity index (χ3v) is 6.17. The predicted molar refractivity (Wildman–Crippen MR) is 117 cm³/mol. The zero-order chi connectivity index (χ0) is 19.4. The molecule has 1 aliphatic carbocycles. The molecular formula is C26H20N2O. The Hall–Kier alpha value is -3.59. The number of carbonyl (C=O) groups excluding carboxylic acids is 1. The van der Waals surface area contributed by atoms with Crippen LogP contribution >= 0.6 is 0 Å². The number of fused-ring (bicyclic) bond motifs is 1. The van der Waals surface area contributed by atoms with E-state index in [1.165, 1.54) is 21.9 Å². The standard InChI is InChI=1S/C26H20N2O/c29-26-22-10-4-5-12-23(22)27-25(28(26)19-8-2-1-3-9-19)21-16-15-18-14-13-17-7-6-11-20(21)24(17)18/h1-12,15-16,25,27H,13-14H2. The maximum atomic E-state index is 13.6. The molecule has 1 aliphatic heterocycles. The van der Waals surface area contributed by atoms with Crippen molar-refractivity contribution in [1.82, 2.24) is 0 Å². The number of hydrogen-bond donors (Lipinski definition) is 1. The summed E-state index contributed by atoms with van der Waals surface area (Å²) in [4.78, 5) is 15.5. The number of aryl methyl sites for hydroxylation is 2. The molecule has 3 nitrogen and oxygen atoms in total. The smallest absolute Gasteiger partial charge is 0.262 e. The van der Waals surface area contributed by atoms with Gasteiger partial charge in [0.25, 0.3) is 5.91 Å². The molecular weight excluding hydrogens is 356 g/mol. The Morgan fingerprint density at radius 2 is 1.52 bits per heavy atom. The van der Waals surface area contributed by atoms with E-state index >= 15 is 0 Å². The minimum atomic E-state index is -0.260. The lowest BCUT2D eigenvalue weighted by atomic mass is 9.95. The summed E-state index contributed by atoms with van der Waals surface area (Å²) in [6.07, 6.45) is 1.93. The van der Waals surface area contributed by atoms with E-state index in [1.807, 2.05) is 59.5 Å². The first-order valence-corrected chi connectivity index (χ1v) is 10.1. The number of rotatable bonds is 2. The highest BCUT2D eigenvalue weighted by atomic mass is 16.2. The van der Waals surface area contributed by atoms with Crippen molar-refractivity contribution < 1.29 is 4.79 Å². The van der Waals surface area contributed by atoms with E-state index < -0.39 is 0 Å². The summed E-state index contributed by atoms with van der Waals surface area (Å²) in [5, 5.41) is 6.25. The summed E-state index contributed by atoms with van der Waals surface area (Å²) >= 11 is 0. The zero-order valence-corrected chi connectivity index (χ0v) is 15.9. The fourth-order valence-electron chi connectivity index (χ4n) is 4.83. The van der Waals surface area contributed by atoms with Crippen LogP contribution < -0.4 is 10.2 Å². The minimum Gasteiger partial charge on any atom is -0.360 e. The van der Waals surface area contributed by atoms with Gasteiger partial charge in [0.05, 0.1) is 5.56 Å². The van der Waals surface area contributed by atoms with Crippen LogP contribution in [0.15, 0.2) is 84.9 Å². The lowest BCUT2D eigenvalue weighted by Gasteiger charge is -2.38. The molecule has 140 valence electrons. The van der Waals surface area contributed by atoms with Crippen LogP contribution in [0.25, 0.3) is 10.8 Å². The Morgan fingerprint density at radius 1 is 0.759 bits per heavy atom. The first-order valence-electron chi connectivity index (χ1n) is 10.1.